The summed E-state index contributed by atoms with van der Waals surface area (Å²) in [4.78, 5) is 78.6. The second-order valence-electron chi connectivity index (χ2n) is 16.7. The summed E-state index contributed by atoms with van der Waals surface area (Å²) in [6, 6.07) is 0. The van der Waals surface area contributed by atoms with Crippen molar-refractivity contribution in [3.63, 3.8) is 0 Å². The molecule has 29 nitrogen and oxygen atoms in total. The summed E-state index contributed by atoms with van der Waals surface area (Å²) < 4.78 is 4.83. The summed E-state index contributed by atoms with van der Waals surface area (Å²) in [7, 11) is 16.5. The Morgan fingerprint density at radius 2 is 0.524 bits per heavy atom. The van der Waals surface area contributed by atoms with Crippen LogP contribution < -0.4 is 57.6 Å². The van der Waals surface area contributed by atoms with Crippen molar-refractivity contribution in [1.82, 2.24) is 65.3 Å². The molecule has 0 aromatic carbocycles. The van der Waals surface area contributed by atoms with Crippen LogP contribution in [0.25, 0.3) is 33.1 Å². The molecule has 6 aromatic rings. The number of rotatable bonds is 29. The Labute approximate surface area is 523 Å². The Bertz CT molecular complexity index is 2440. The predicted molar refractivity (Wildman–Crippen MR) is 350 cm³/mol. The van der Waals surface area contributed by atoms with Gasteiger partial charge >= 0.3 is 0 Å². The van der Waals surface area contributed by atoms with Gasteiger partial charge in [-0.1, -0.05) is 41.5 Å². The lowest BCUT2D eigenvalue weighted by Crippen LogP contribution is -2.21. The zero-order valence-electron chi connectivity index (χ0n) is 52.0. The van der Waals surface area contributed by atoms with Crippen LogP contribution in [0.5, 0.6) is 0 Å². The molecule has 0 amide bonds. The molecule has 6 rings (SSSR count). The van der Waals surface area contributed by atoms with Gasteiger partial charge in [0.1, 0.15) is 33.1 Å². The van der Waals surface area contributed by atoms with Crippen LogP contribution in [0.3, 0.4) is 0 Å². The third-order valence-electron chi connectivity index (χ3n) is 10.6. The van der Waals surface area contributed by atoms with E-state index in [9.17, 15) is 0 Å². The SMILES string of the molecule is CCCNc1nc(Cl)nc2c(NCCC)nc(Cl)nc12.CCCNc1nc(N(C)OC)nc2c(NCCC)nc(N(C)OC)nc12.CCCNc1nc(N(C)OC)nc2c(NCCC)nc(N(C)OC)nc12.CCOCC.CNOC.Cl.Cl.Cl. The number of anilines is 10. The van der Waals surface area contributed by atoms with Crippen molar-refractivity contribution in [1.29, 1.82) is 0 Å². The van der Waals surface area contributed by atoms with Crippen molar-refractivity contribution in [3.8, 4) is 0 Å². The quantitative estimate of drug-likeness (QED) is 0.0170. The molecule has 0 fully saturated rings. The second-order valence-corrected chi connectivity index (χ2v) is 17.4. The normalized spacial score (nSPS) is 10.1. The monoisotopic (exact) mass is 1290 g/mol. The lowest BCUT2D eigenvalue weighted by atomic mass is 10.3. The molecule has 0 aliphatic carbocycles. The number of nitrogens with zero attached hydrogens (tertiary/aromatic N) is 16. The summed E-state index contributed by atoms with van der Waals surface area (Å²) in [5.41, 5.74) is 6.07. The third kappa shape index (κ3) is 26.0. The van der Waals surface area contributed by atoms with Crippen LogP contribution in [-0.4, -0.2) is 183 Å². The maximum absolute atomic E-state index is 5.97. The fourth-order valence-electron chi connectivity index (χ4n) is 6.24. The first-order chi connectivity index (χ1) is 39.1. The maximum Gasteiger partial charge on any atom is 0.252 e. The van der Waals surface area contributed by atoms with E-state index in [1.807, 2.05) is 13.8 Å². The van der Waals surface area contributed by atoms with E-state index in [2.05, 4.69) is 144 Å². The van der Waals surface area contributed by atoms with E-state index in [1.54, 1.807) is 70.8 Å². The van der Waals surface area contributed by atoms with Crippen LogP contribution in [0, 0.1) is 0 Å². The van der Waals surface area contributed by atoms with E-state index in [-0.39, 0.29) is 47.8 Å². The predicted octanol–water partition coefficient (Wildman–Crippen LogP) is 9.56. The minimum Gasteiger partial charge on any atom is -0.382 e. The van der Waals surface area contributed by atoms with Gasteiger partial charge in [-0.25, -0.2) is 55.6 Å². The molecule has 0 atom stereocenters. The Morgan fingerprint density at radius 1 is 0.333 bits per heavy atom. The van der Waals surface area contributed by atoms with Crippen molar-refractivity contribution in [2.45, 2.75) is 93.9 Å². The highest BCUT2D eigenvalue weighted by Gasteiger charge is 2.21. The number of halogens is 5. The first kappa shape index (κ1) is 80.5. The Kier molecular flexibility index (Phi) is 43.8. The molecule has 84 heavy (non-hydrogen) atoms. The molecular formula is C50H92Cl5N23O6. The molecule has 0 aliphatic rings. The first-order valence-electron chi connectivity index (χ1n) is 27.0. The van der Waals surface area contributed by atoms with Gasteiger partial charge in [-0.15, -0.1) is 37.2 Å². The van der Waals surface area contributed by atoms with E-state index < -0.39 is 0 Å². The Hall–Kier alpha value is -5.57. The summed E-state index contributed by atoms with van der Waals surface area (Å²) in [5.74, 6) is 5.36. The van der Waals surface area contributed by atoms with Gasteiger partial charge in [0.15, 0.2) is 34.9 Å². The molecule has 34 heteroatoms. The number of nitrogens with one attached hydrogen (secondary N) is 7. The van der Waals surface area contributed by atoms with Crippen molar-refractivity contribution in [2.24, 2.45) is 0 Å². The average Bonchev–Trinajstić information content (AvgIpc) is 3.57. The largest absolute Gasteiger partial charge is 0.382 e. The second kappa shape index (κ2) is 45.8. The molecule has 0 saturated carbocycles. The molecule has 0 unspecified atom stereocenters. The highest BCUT2D eigenvalue weighted by Crippen LogP contribution is 2.31. The molecule has 0 radical (unpaired) electrons. The maximum atomic E-state index is 5.97. The van der Waals surface area contributed by atoms with Crippen LogP contribution in [0.1, 0.15) is 93.9 Å². The number of hydrogen-bond donors (Lipinski definition) is 7. The Morgan fingerprint density at radius 3 is 0.679 bits per heavy atom. The lowest BCUT2D eigenvalue weighted by Gasteiger charge is -2.19. The molecule has 6 aromatic heterocycles. The van der Waals surface area contributed by atoms with Gasteiger partial charge in [-0.05, 0) is 75.6 Å². The minimum absolute atomic E-state index is 0. The van der Waals surface area contributed by atoms with E-state index in [0.29, 0.717) is 91.8 Å². The first-order valence-corrected chi connectivity index (χ1v) is 27.8. The summed E-state index contributed by atoms with van der Waals surface area (Å²) in [6.45, 7) is 22.7. The molecule has 7 N–H and O–H groups in total. The molecule has 0 aliphatic heterocycles. The van der Waals surface area contributed by atoms with Crippen LogP contribution in [-0.2, 0) is 28.9 Å². The van der Waals surface area contributed by atoms with E-state index in [1.165, 1.54) is 20.3 Å². The fourth-order valence-corrected chi connectivity index (χ4v) is 6.58. The van der Waals surface area contributed by atoms with Gasteiger partial charge in [0.2, 0.25) is 10.6 Å². The smallest absolute Gasteiger partial charge is 0.252 e. The van der Waals surface area contributed by atoms with Crippen molar-refractivity contribution in [2.75, 3.05) is 175 Å². The fraction of sp³-hybridized carbons (Fsp3) is 0.640. The number of fused-ring (bicyclic) bond motifs is 3. The van der Waals surface area contributed by atoms with Crippen molar-refractivity contribution >= 4 is 152 Å². The Balaban J connectivity index is 0. The molecule has 0 spiro atoms. The van der Waals surface area contributed by atoms with E-state index in [0.717, 1.165) is 91.0 Å². The summed E-state index contributed by atoms with van der Waals surface area (Å²) in [5, 5.41) is 25.9. The van der Waals surface area contributed by atoms with Crippen molar-refractivity contribution in [3.05, 3.63) is 10.6 Å². The topological polar surface area (TPSA) is 307 Å². The highest BCUT2D eigenvalue weighted by atomic mass is 35.5. The number of aromatic nitrogens is 12. The third-order valence-corrected chi connectivity index (χ3v) is 11.0. The number of hydroxylamine groups is 5. The van der Waals surface area contributed by atoms with Gasteiger partial charge in [0.25, 0.3) is 23.8 Å². The molecule has 6 heterocycles. The van der Waals surface area contributed by atoms with Gasteiger partial charge in [0, 0.05) is 87.7 Å². The van der Waals surface area contributed by atoms with Gasteiger partial charge < -0.3 is 41.5 Å². The summed E-state index contributed by atoms with van der Waals surface area (Å²) in [6.07, 6.45) is 5.75. The highest BCUT2D eigenvalue weighted by molar-refractivity contribution is 6.30. The van der Waals surface area contributed by atoms with E-state index >= 15 is 0 Å². The number of ether oxygens (including phenoxy) is 1. The standard InChI is InChI=1S/2C16H28N8O2.C12H16Cl2N6.C4H10O.C2H7NO.3ClH/c2*1-7-9-17-13-11-12(20-15(21-13)23(3)25-5)14(18-10-8-2)22-16(19-11)24(4)26-6;1-3-5-15-9-7-8(18-11(13)19-9)10(16-6-4-2)20-12(14)17-7;1-3-5-4-2;1-3-4-2;;;/h2*7-10H2,1-6H3,(H,17,20,21)(H,18,19,22);3-6H2,1-2H3,(H,15,18,19)(H,16,17,20);3-4H2,1-2H3;3H,1-2H3;3*1H. The van der Waals surface area contributed by atoms with E-state index in [4.69, 9.17) is 47.3 Å². The molecular weight excluding hydrogens is 1200 g/mol. The zero-order valence-corrected chi connectivity index (χ0v) is 55.9. The summed E-state index contributed by atoms with van der Waals surface area (Å²) >= 11 is 11.9. The van der Waals surface area contributed by atoms with Crippen LogP contribution in [0.4, 0.5) is 58.7 Å². The number of hydrogen-bond acceptors (Lipinski definition) is 29. The van der Waals surface area contributed by atoms with Crippen molar-refractivity contribution < 1.29 is 28.9 Å². The molecule has 0 bridgehead atoms. The average molecular weight is 1290 g/mol. The minimum atomic E-state index is 0. The lowest BCUT2D eigenvalue weighted by molar-refractivity contribution is 0.112. The van der Waals surface area contributed by atoms with Crippen LogP contribution in [0.2, 0.25) is 10.6 Å². The molecule has 478 valence electrons. The van der Waals surface area contributed by atoms with Crippen LogP contribution >= 0.6 is 60.4 Å². The van der Waals surface area contributed by atoms with Gasteiger partial charge in [-0.3, -0.25) is 19.4 Å². The zero-order chi connectivity index (χ0) is 60.3. The van der Waals surface area contributed by atoms with Crippen LogP contribution in [0.15, 0.2) is 0 Å². The molecule has 0 saturated heterocycles. The van der Waals surface area contributed by atoms with Gasteiger partial charge in [-0.2, -0.15) is 29.9 Å². The van der Waals surface area contributed by atoms with Gasteiger partial charge in [0.05, 0.1) is 35.5 Å².